The first-order valence-corrected chi connectivity index (χ1v) is 10.6. The van der Waals surface area contributed by atoms with Crippen LogP contribution in [0.1, 0.15) is 25.8 Å². The van der Waals surface area contributed by atoms with Gasteiger partial charge >= 0.3 is 0 Å². The molecule has 1 N–H and O–H groups in total. The van der Waals surface area contributed by atoms with E-state index in [2.05, 4.69) is 28.5 Å². The van der Waals surface area contributed by atoms with Gasteiger partial charge < -0.3 is 14.0 Å². The van der Waals surface area contributed by atoms with Crippen molar-refractivity contribution in [3.63, 3.8) is 0 Å². The largest absolute Gasteiger partial charge is 0.491 e. The number of imidazole rings is 1. The molecule has 1 fully saturated rings. The van der Waals surface area contributed by atoms with Crippen molar-refractivity contribution >= 4 is 10.0 Å². The Morgan fingerprint density at radius 2 is 2.30 bits per heavy atom. The van der Waals surface area contributed by atoms with Crippen molar-refractivity contribution in [1.82, 2.24) is 19.3 Å². The van der Waals surface area contributed by atoms with E-state index >= 15 is 0 Å². The number of hydrogen-bond donors (Lipinski definition) is 1. The second kappa shape index (κ2) is 8.81. The highest BCUT2D eigenvalue weighted by molar-refractivity contribution is 7.89. The van der Waals surface area contributed by atoms with Crippen molar-refractivity contribution in [3.8, 4) is 5.75 Å². The summed E-state index contributed by atoms with van der Waals surface area (Å²) in [5.74, 6) is 1.35. The fourth-order valence-corrected chi connectivity index (χ4v) is 3.81. The molecule has 2 aromatic heterocycles. The third-order valence-electron chi connectivity index (χ3n) is 4.28. The number of rotatable bonds is 9. The Labute approximate surface area is 160 Å². The Bertz CT molecular complexity index is 845. The van der Waals surface area contributed by atoms with E-state index in [1.165, 1.54) is 0 Å². The maximum absolute atomic E-state index is 12.5. The molecule has 1 atom stereocenters. The Kier molecular flexibility index (Phi) is 6.46. The van der Waals surface area contributed by atoms with Crippen LogP contribution in [0.3, 0.4) is 0 Å². The minimum absolute atomic E-state index is 0.0165. The maximum Gasteiger partial charge on any atom is 0.259 e. The molecule has 1 saturated heterocycles. The van der Waals surface area contributed by atoms with Crippen LogP contribution in [0.25, 0.3) is 0 Å². The van der Waals surface area contributed by atoms with Gasteiger partial charge in [0.15, 0.2) is 5.03 Å². The highest BCUT2D eigenvalue weighted by atomic mass is 32.2. The molecule has 0 spiro atoms. The number of aromatic nitrogens is 3. The summed E-state index contributed by atoms with van der Waals surface area (Å²) in [7, 11) is -3.70. The van der Waals surface area contributed by atoms with Crippen LogP contribution in [0.2, 0.25) is 0 Å². The molecule has 3 rings (SSSR count). The lowest BCUT2D eigenvalue weighted by Crippen LogP contribution is -2.24. The third kappa shape index (κ3) is 5.50. The Morgan fingerprint density at radius 1 is 1.44 bits per heavy atom. The molecular formula is C18H26N4O4S. The highest BCUT2D eigenvalue weighted by Gasteiger charge is 2.20. The molecule has 3 heterocycles. The number of hydrogen-bond acceptors (Lipinski definition) is 6. The van der Waals surface area contributed by atoms with Crippen molar-refractivity contribution in [3.05, 3.63) is 36.5 Å². The van der Waals surface area contributed by atoms with E-state index in [1.807, 2.05) is 0 Å². The SMILES string of the molecule is CC(C)Cn1cnc(S(=O)(=O)NCc2ccncc2OCC2CCOC2)c1. The van der Waals surface area contributed by atoms with Gasteiger partial charge in [-0.25, -0.2) is 18.1 Å². The number of sulfonamides is 1. The van der Waals surface area contributed by atoms with Gasteiger partial charge in [-0.15, -0.1) is 0 Å². The molecule has 1 unspecified atom stereocenters. The monoisotopic (exact) mass is 394 g/mol. The van der Waals surface area contributed by atoms with E-state index in [9.17, 15) is 8.42 Å². The fraction of sp³-hybridized carbons (Fsp3) is 0.556. The normalized spacial score (nSPS) is 17.5. The average Bonchev–Trinajstić information content (AvgIpc) is 3.30. The Morgan fingerprint density at radius 3 is 3.04 bits per heavy atom. The number of nitrogens with zero attached hydrogens (tertiary/aromatic N) is 3. The molecule has 0 radical (unpaired) electrons. The van der Waals surface area contributed by atoms with Gasteiger partial charge in [0.25, 0.3) is 10.0 Å². The molecule has 1 aliphatic rings. The molecule has 0 saturated carbocycles. The summed E-state index contributed by atoms with van der Waals surface area (Å²) < 4.78 is 40.6. The number of nitrogens with one attached hydrogen (secondary N) is 1. The first-order valence-electron chi connectivity index (χ1n) is 9.09. The first kappa shape index (κ1) is 19.8. The summed E-state index contributed by atoms with van der Waals surface area (Å²) in [4.78, 5) is 8.09. The van der Waals surface area contributed by atoms with Crippen LogP contribution in [0.15, 0.2) is 36.0 Å². The van der Waals surface area contributed by atoms with Gasteiger partial charge in [-0.2, -0.15) is 0 Å². The molecule has 2 aromatic rings. The molecule has 148 valence electrons. The molecule has 27 heavy (non-hydrogen) atoms. The lowest BCUT2D eigenvalue weighted by atomic mass is 10.1. The van der Waals surface area contributed by atoms with E-state index < -0.39 is 10.0 Å². The van der Waals surface area contributed by atoms with Crippen LogP contribution >= 0.6 is 0 Å². The fourth-order valence-electron chi connectivity index (χ4n) is 2.85. The van der Waals surface area contributed by atoms with E-state index in [-0.39, 0.29) is 11.6 Å². The van der Waals surface area contributed by atoms with Crippen molar-refractivity contribution in [2.24, 2.45) is 11.8 Å². The summed E-state index contributed by atoms with van der Waals surface area (Å²) >= 11 is 0. The standard InChI is InChI=1S/C18H26N4O4S/c1-14(2)9-22-10-18(20-13-22)27(23,24)21-7-16-3-5-19-8-17(16)26-12-15-4-6-25-11-15/h3,5,8,10,13-15,21H,4,6-7,9,11-12H2,1-2H3. The molecule has 8 nitrogen and oxygen atoms in total. The Hall–Kier alpha value is -1.97. The quantitative estimate of drug-likeness (QED) is 0.697. The van der Waals surface area contributed by atoms with E-state index in [0.29, 0.717) is 30.8 Å². The minimum Gasteiger partial charge on any atom is -0.491 e. The number of pyridine rings is 1. The van der Waals surface area contributed by atoms with Gasteiger partial charge in [-0.3, -0.25) is 4.98 Å². The maximum atomic E-state index is 12.5. The van der Waals surface area contributed by atoms with Gasteiger partial charge in [-0.05, 0) is 18.4 Å². The van der Waals surface area contributed by atoms with Crippen molar-refractivity contribution in [2.45, 2.75) is 38.4 Å². The van der Waals surface area contributed by atoms with Crippen LogP contribution < -0.4 is 9.46 Å². The molecule has 0 bridgehead atoms. The third-order valence-corrected chi connectivity index (χ3v) is 5.57. The van der Waals surface area contributed by atoms with Crippen molar-refractivity contribution < 1.29 is 17.9 Å². The zero-order valence-corrected chi connectivity index (χ0v) is 16.5. The minimum atomic E-state index is -3.70. The number of ether oxygens (including phenoxy) is 2. The van der Waals surface area contributed by atoms with Crippen LogP contribution in [-0.2, 0) is 27.8 Å². The van der Waals surface area contributed by atoms with Gasteiger partial charge in [0.2, 0.25) is 0 Å². The smallest absolute Gasteiger partial charge is 0.259 e. The van der Waals surface area contributed by atoms with Crippen LogP contribution in [0.4, 0.5) is 0 Å². The lowest BCUT2D eigenvalue weighted by Gasteiger charge is -2.14. The second-order valence-corrected chi connectivity index (χ2v) is 8.86. The molecule has 0 aliphatic carbocycles. The summed E-state index contributed by atoms with van der Waals surface area (Å²) in [6, 6.07) is 1.75. The predicted molar refractivity (Wildman–Crippen MR) is 99.7 cm³/mol. The first-order chi connectivity index (χ1) is 12.9. The Balaban J connectivity index is 1.62. The molecule has 1 aliphatic heterocycles. The predicted octanol–water partition coefficient (Wildman–Crippen LogP) is 1.83. The van der Waals surface area contributed by atoms with E-state index in [4.69, 9.17) is 9.47 Å². The molecule has 0 aromatic carbocycles. The molecular weight excluding hydrogens is 368 g/mol. The van der Waals surface area contributed by atoms with E-state index in [0.717, 1.165) is 25.1 Å². The summed E-state index contributed by atoms with van der Waals surface area (Å²) in [6.07, 6.45) is 7.29. The van der Waals surface area contributed by atoms with Crippen LogP contribution in [0, 0.1) is 11.8 Å². The second-order valence-electron chi connectivity index (χ2n) is 7.15. The summed E-state index contributed by atoms with van der Waals surface area (Å²) in [6.45, 7) is 6.95. The topological polar surface area (TPSA) is 95.3 Å². The van der Waals surface area contributed by atoms with Crippen molar-refractivity contribution in [2.75, 3.05) is 19.8 Å². The van der Waals surface area contributed by atoms with Gasteiger partial charge in [0.05, 0.1) is 25.7 Å². The van der Waals surface area contributed by atoms with Crippen LogP contribution in [0.5, 0.6) is 5.75 Å². The summed E-state index contributed by atoms with van der Waals surface area (Å²) in [5, 5.41) is 0.0165. The molecule has 0 amide bonds. The van der Waals surface area contributed by atoms with Gasteiger partial charge in [-0.1, -0.05) is 13.8 Å². The van der Waals surface area contributed by atoms with Crippen LogP contribution in [-0.4, -0.2) is 42.8 Å². The lowest BCUT2D eigenvalue weighted by molar-refractivity contribution is 0.166. The van der Waals surface area contributed by atoms with Gasteiger partial charge in [0.1, 0.15) is 5.75 Å². The van der Waals surface area contributed by atoms with E-state index in [1.54, 1.807) is 35.6 Å². The van der Waals surface area contributed by atoms with Gasteiger partial charge in [0, 0.05) is 43.6 Å². The zero-order valence-electron chi connectivity index (χ0n) is 15.7. The average molecular weight is 394 g/mol. The van der Waals surface area contributed by atoms with Crippen molar-refractivity contribution in [1.29, 1.82) is 0 Å². The highest BCUT2D eigenvalue weighted by Crippen LogP contribution is 2.20. The molecule has 9 heteroatoms. The zero-order chi connectivity index (χ0) is 19.3. The summed E-state index contributed by atoms with van der Waals surface area (Å²) in [5.41, 5.74) is 0.731.